The van der Waals surface area contributed by atoms with Crippen LogP contribution in [-0.4, -0.2) is 158 Å². The summed E-state index contributed by atoms with van der Waals surface area (Å²) in [4.78, 5) is 59.7. The Hall–Kier alpha value is -10.2. The fourth-order valence-corrected chi connectivity index (χ4v) is 12.0. The summed E-state index contributed by atoms with van der Waals surface area (Å²) in [5, 5.41) is 120. The average Bonchev–Trinajstić information content (AvgIpc) is 1.67. The Bertz CT molecular complexity index is 4450. The second-order valence-electron chi connectivity index (χ2n) is 23.8. The molecule has 10 N–H and O–H groups in total. The van der Waals surface area contributed by atoms with Crippen LogP contribution in [0, 0.1) is 67.6 Å². The molecule has 8 aromatic rings. The highest BCUT2D eigenvalue weighted by molar-refractivity contribution is 7.52. The molecule has 0 saturated heterocycles. The zero-order valence-electron chi connectivity index (χ0n) is 56.6. The molecule has 0 amide bonds. The van der Waals surface area contributed by atoms with E-state index in [-0.39, 0.29) is 55.8 Å². The van der Waals surface area contributed by atoms with Crippen LogP contribution < -0.4 is 44.2 Å². The van der Waals surface area contributed by atoms with Crippen molar-refractivity contribution in [2.75, 3.05) is 45.0 Å². The van der Waals surface area contributed by atoms with Crippen molar-refractivity contribution < 1.29 is 104 Å². The summed E-state index contributed by atoms with van der Waals surface area (Å²) < 4.78 is 64.0. The van der Waals surface area contributed by atoms with Crippen LogP contribution in [0.5, 0.6) is 0 Å². The minimum absolute atomic E-state index is 0. The second-order valence-corrected chi connectivity index (χ2v) is 24.1. The molecule has 6 atom stereocenters. The van der Waals surface area contributed by atoms with E-state index in [0.29, 0.717) is 61.9 Å². The topological polar surface area (TPSA) is 556 Å². The molecular formula is C63H65B6ClN8O28S2. The monoisotopic (exact) mass is 1550 g/mol. The van der Waals surface area contributed by atoms with E-state index < -0.39 is 132 Å². The van der Waals surface area contributed by atoms with E-state index in [1.54, 1.807) is 54.6 Å². The zero-order valence-corrected chi connectivity index (χ0v) is 59.0. The Kier molecular flexibility index (Phi) is 33.5. The third kappa shape index (κ3) is 24.4. The van der Waals surface area contributed by atoms with Crippen LogP contribution in [0.25, 0.3) is 0 Å². The maximum atomic E-state index is 10.6. The fourth-order valence-electron chi connectivity index (χ4n) is 12.0. The Morgan fingerprint density at radius 1 is 0.361 bits per heavy atom. The normalized spacial score (nSPS) is 17.2. The highest BCUT2D eigenvalue weighted by atomic mass is 35.5. The van der Waals surface area contributed by atoms with Gasteiger partial charge in [0.1, 0.15) is 30.5 Å². The van der Waals surface area contributed by atoms with Gasteiger partial charge in [-0.1, -0.05) is 151 Å². The lowest BCUT2D eigenvalue weighted by Crippen LogP contribution is -2.28. The summed E-state index contributed by atoms with van der Waals surface area (Å²) in [6.07, 6.45) is -2.07. The number of nitrogen functional groups attached to an aromatic ring is 1. The minimum Gasteiger partial charge on any atom is -0.423 e. The van der Waals surface area contributed by atoms with E-state index >= 15 is 0 Å². The first-order valence-corrected chi connectivity index (χ1v) is 33.2. The molecule has 0 bridgehead atoms. The molecule has 0 spiro atoms. The number of fused-ring (bicyclic) bond motifs is 6. The fraction of sp³-hybridized carbons (Fsp3) is 0.238. The van der Waals surface area contributed by atoms with E-state index in [9.17, 15) is 90.8 Å². The molecule has 8 aromatic carbocycles. The molecular weight excluding hydrogens is 1480 g/mol. The van der Waals surface area contributed by atoms with Crippen LogP contribution in [-0.2, 0) is 63.9 Å². The van der Waals surface area contributed by atoms with Crippen LogP contribution in [0.2, 0.25) is 0 Å². The van der Waals surface area contributed by atoms with E-state index in [4.69, 9.17) is 56.2 Å². The van der Waals surface area contributed by atoms with Crippen molar-refractivity contribution in [2.45, 2.75) is 56.4 Å². The van der Waals surface area contributed by atoms with Gasteiger partial charge < -0.3 is 69.5 Å². The molecule has 36 nitrogen and oxygen atoms in total. The first-order chi connectivity index (χ1) is 51.1. The number of nitrogens with zero attached hydrogens (tertiary/aromatic N) is 6. The summed E-state index contributed by atoms with van der Waals surface area (Å²) in [6.45, 7) is 0.495. The smallest absolute Gasteiger partial charge is 0.423 e. The van der Waals surface area contributed by atoms with Crippen molar-refractivity contribution in [2.24, 2.45) is 5.73 Å². The maximum Gasteiger partial charge on any atom is 0.492 e. The van der Waals surface area contributed by atoms with Crippen molar-refractivity contribution in [3.63, 3.8) is 0 Å². The van der Waals surface area contributed by atoms with Gasteiger partial charge in [0.05, 0.1) is 11.0 Å². The molecule has 45 heteroatoms. The minimum atomic E-state index is -1.35. The SMILES string of the molecule is Cc1ccc2c(c1)B(O)OC2C[N+](=O)[O-].Cl.NCC1OB(O)c2cc(Cc3ccccc3)ccc21.Nc1ccc2c(c1)B(O)OC2C[N+](=O)[O-].O=S=O.O=S=O.O=[N+]([O-])CC1OB(O)c2cc(Cc3ccccc3)ccc21.O=[N+]([O-])CC1OB(O)c2cc([N+](=O)[O-])ccc21.O=[N+]([O-])CC1OB(O)c2ccccc21. The van der Waals surface area contributed by atoms with Gasteiger partial charge in [0.25, 0.3) is 5.69 Å². The number of nitro benzene ring substituents is 1. The lowest BCUT2D eigenvalue weighted by molar-refractivity contribution is -0.490. The van der Waals surface area contributed by atoms with Gasteiger partial charge in [0.2, 0.25) is 32.7 Å². The van der Waals surface area contributed by atoms with Gasteiger partial charge in [-0.15, -0.1) is 12.4 Å². The summed E-state index contributed by atoms with van der Waals surface area (Å²) in [5.41, 5.74) is 24.8. The van der Waals surface area contributed by atoms with Crippen molar-refractivity contribution >= 4 is 122 Å². The van der Waals surface area contributed by atoms with Gasteiger partial charge in [-0.05, 0) is 126 Å². The number of nitrogens with two attached hydrogens (primary N) is 2. The van der Waals surface area contributed by atoms with Crippen molar-refractivity contribution in [3.05, 3.63) is 298 Å². The predicted octanol–water partition coefficient (Wildman–Crippen LogP) is 0.0764. The van der Waals surface area contributed by atoms with Crippen LogP contribution in [0.1, 0.15) is 97.8 Å². The number of hydrogen-bond acceptors (Lipinski definition) is 30. The number of anilines is 1. The Morgan fingerprint density at radius 2 is 0.648 bits per heavy atom. The van der Waals surface area contributed by atoms with Crippen LogP contribution >= 0.6 is 12.4 Å². The molecule has 0 radical (unpaired) electrons. The standard InChI is InChI=1S/C15H14BNO4.C15H16BNO2.C9H10BNO4.C8H7BN2O6.C8H9BN2O4.C8H8BNO4.ClH.2O2S/c18-16-14-9-12(8-11-4-2-1-3-5-11)6-7-13(14)15(21-16)10-17(19)20;17-10-15-13-7-6-12(9-14(13)16(18)19-15)8-11-4-2-1-3-5-11;1-6-2-3-7-8(4-6)10(12)15-9(7)5-11(13)14;12-9-7-3-5(11(15)16)1-2-6(7)8(17-9)4-10(13)14;10-5-1-2-6-7(3-5)9(12)15-8(6)4-11(13)14;11-9-7-4-2-1-3-6(7)8(14-9)5-10(12)13;;2*1-3-2/h1-7,9,15,18H,8,10H2;1-7,9,15,18H,8,10,17H2;2-4,9,12H,5H2,1H3;1-3,8,12H,4H2;1-3,8,12H,4,10H2;1-4,8,11H,5H2;1H;;. The van der Waals surface area contributed by atoms with Crippen LogP contribution in [0.4, 0.5) is 11.4 Å². The quantitative estimate of drug-likeness (QED) is 0.0275. The molecule has 0 saturated carbocycles. The van der Waals surface area contributed by atoms with E-state index in [1.165, 1.54) is 34.9 Å². The first kappa shape index (κ1) is 86.7. The highest BCUT2D eigenvalue weighted by Crippen LogP contribution is 2.30. The summed E-state index contributed by atoms with van der Waals surface area (Å²) in [6, 6.07) is 53.0. The lowest BCUT2D eigenvalue weighted by Gasteiger charge is -2.09. The number of aryl methyl sites for hydroxylation is 1. The Balaban J connectivity index is 0.000000200. The van der Waals surface area contributed by atoms with Gasteiger partial charge in [0, 0.05) is 49.0 Å². The summed E-state index contributed by atoms with van der Waals surface area (Å²) in [5.74, 6) is 0. The Labute approximate surface area is 628 Å². The largest absolute Gasteiger partial charge is 0.492 e. The molecule has 6 heterocycles. The van der Waals surface area contributed by atoms with Crippen LogP contribution in [0.3, 0.4) is 0 Å². The molecule has 6 unspecified atom stereocenters. The molecule has 562 valence electrons. The van der Waals surface area contributed by atoms with Gasteiger partial charge in [-0.2, -0.15) is 16.8 Å². The van der Waals surface area contributed by atoms with Gasteiger partial charge in [-0.3, -0.25) is 60.7 Å². The molecule has 0 fully saturated rings. The third-order valence-electron chi connectivity index (χ3n) is 16.7. The molecule has 6 aliphatic heterocycles. The molecule has 0 aromatic heterocycles. The van der Waals surface area contributed by atoms with Crippen molar-refractivity contribution in [1.29, 1.82) is 0 Å². The third-order valence-corrected chi connectivity index (χ3v) is 16.7. The molecule has 6 aliphatic rings. The van der Waals surface area contributed by atoms with E-state index in [0.717, 1.165) is 35.0 Å². The number of halogens is 1. The highest BCUT2D eigenvalue weighted by Gasteiger charge is 2.42. The van der Waals surface area contributed by atoms with Crippen LogP contribution in [0.15, 0.2) is 176 Å². The average molecular weight is 1550 g/mol. The molecule has 0 aliphatic carbocycles. The number of benzene rings is 8. The zero-order chi connectivity index (χ0) is 78.2. The molecule has 108 heavy (non-hydrogen) atoms. The lowest BCUT2D eigenvalue weighted by atomic mass is 9.78. The number of hydrogen-bond donors (Lipinski definition) is 8. The predicted molar refractivity (Wildman–Crippen MR) is 395 cm³/mol. The van der Waals surface area contributed by atoms with Gasteiger partial charge in [-0.25, -0.2) is 0 Å². The summed E-state index contributed by atoms with van der Waals surface area (Å²) >= 11 is -1.50. The number of non-ortho nitro benzene ring substituents is 1. The van der Waals surface area contributed by atoms with Crippen molar-refractivity contribution in [1.82, 2.24) is 0 Å². The Morgan fingerprint density at radius 3 is 1.02 bits per heavy atom. The number of nitro groups is 6. The maximum absolute atomic E-state index is 10.6. The second kappa shape index (κ2) is 41.8. The van der Waals surface area contributed by atoms with Crippen molar-refractivity contribution in [3.8, 4) is 0 Å². The van der Waals surface area contributed by atoms with Gasteiger partial charge >= 0.3 is 65.9 Å². The van der Waals surface area contributed by atoms with E-state index in [1.807, 2.05) is 91.9 Å². The van der Waals surface area contributed by atoms with Gasteiger partial charge in [0.15, 0.2) is 0 Å². The number of rotatable bonds is 16. The summed E-state index contributed by atoms with van der Waals surface area (Å²) in [7, 11) is -6.47. The van der Waals surface area contributed by atoms with E-state index in [2.05, 4.69) is 18.2 Å². The first-order valence-electron chi connectivity index (χ1n) is 31.9. The molecule has 14 rings (SSSR count).